The number of aromatic nitrogens is 1. The summed E-state index contributed by atoms with van der Waals surface area (Å²) in [6, 6.07) is 18.2. The molecule has 27 heavy (non-hydrogen) atoms. The Hall–Kier alpha value is -3.67. The number of rotatable bonds is 5. The summed E-state index contributed by atoms with van der Waals surface area (Å²) >= 11 is 0. The lowest BCUT2D eigenvalue weighted by molar-refractivity contribution is -0.116. The monoisotopic (exact) mass is 360 g/mol. The Morgan fingerprint density at radius 1 is 0.926 bits per heavy atom. The van der Waals surface area contributed by atoms with E-state index in [0.717, 1.165) is 10.8 Å². The molecule has 0 aliphatic rings. The predicted octanol–water partition coefficient (Wildman–Crippen LogP) is 3.88. The average Bonchev–Trinajstić information content (AvgIpc) is 3.05. The van der Waals surface area contributed by atoms with Crippen LogP contribution in [0.4, 0.5) is 5.69 Å². The molecule has 4 aromatic rings. The highest BCUT2D eigenvalue weighted by Crippen LogP contribution is 2.18. The lowest BCUT2D eigenvalue weighted by atomic mass is 10.0. The highest BCUT2D eigenvalue weighted by atomic mass is 16.4. The molecule has 1 amide bonds. The van der Waals surface area contributed by atoms with Gasteiger partial charge in [0.25, 0.3) is 0 Å². The third-order valence-corrected chi connectivity index (χ3v) is 4.35. The maximum absolute atomic E-state index is 12.4. The quantitative estimate of drug-likeness (QED) is 0.528. The van der Waals surface area contributed by atoms with Gasteiger partial charge in [-0.1, -0.05) is 36.4 Å². The largest absolute Gasteiger partial charge is 0.417 e. The number of hydrogen-bond acceptors (Lipinski definition) is 4. The van der Waals surface area contributed by atoms with Crippen molar-refractivity contribution in [1.29, 1.82) is 0 Å². The van der Waals surface area contributed by atoms with E-state index in [1.54, 1.807) is 24.3 Å². The van der Waals surface area contributed by atoms with Gasteiger partial charge in [0.15, 0.2) is 11.4 Å². The molecule has 1 heterocycles. The van der Waals surface area contributed by atoms with E-state index in [-0.39, 0.29) is 24.5 Å². The number of aromatic amines is 1. The molecule has 0 saturated carbocycles. The molecule has 0 saturated heterocycles. The van der Waals surface area contributed by atoms with Crippen molar-refractivity contribution in [2.75, 3.05) is 5.32 Å². The zero-order valence-electron chi connectivity index (χ0n) is 14.3. The number of nitrogens with one attached hydrogen (secondary N) is 2. The number of anilines is 1. The minimum absolute atomic E-state index is 0.0750. The maximum Gasteiger partial charge on any atom is 0.417 e. The fourth-order valence-corrected chi connectivity index (χ4v) is 2.99. The van der Waals surface area contributed by atoms with Gasteiger partial charge in [-0.25, -0.2) is 4.79 Å². The number of carbonyl (C=O) groups is 2. The number of amides is 1. The number of H-pyrrole nitrogens is 1. The highest BCUT2D eigenvalue weighted by Gasteiger charge is 2.11. The Labute approximate surface area is 153 Å². The van der Waals surface area contributed by atoms with E-state index < -0.39 is 5.76 Å². The van der Waals surface area contributed by atoms with Crippen molar-refractivity contribution in [1.82, 2.24) is 4.98 Å². The fourth-order valence-electron chi connectivity index (χ4n) is 2.99. The average molecular weight is 360 g/mol. The summed E-state index contributed by atoms with van der Waals surface area (Å²) in [6.45, 7) is 0. The summed E-state index contributed by atoms with van der Waals surface area (Å²) in [4.78, 5) is 38.2. The van der Waals surface area contributed by atoms with E-state index in [1.165, 1.54) is 0 Å². The second-order valence-electron chi connectivity index (χ2n) is 6.26. The Balaban J connectivity index is 1.39. The van der Waals surface area contributed by atoms with Crippen molar-refractivity contribution in [3.8, 4) is 0 Å². The topological polar surface area (TPSA) is 92.2 Å². The van der Waals surface area contributed by atoms with Crippen LogP contribution in [0.1, 0.15) is 23.2 Å². The molecule has 3 aromatic carbocycles. The van der Waals surface area contributed by atoms with Crippen LogP contribution in [-0.4, -0.2) is 16.7 Å². The van der Waals surface area contributed by atoms with E-state index in [9.17, 15) is 14.4 Å². The molecule has 4 rings (SSSR count). The molecule has 6 heteroatoms. The van der Waals surface area contributed by atoms with Gasteiger partial charge in [-0.3, -0.25) is 14.6 Å². The Morgan fingerprint density at radius 2 is 1.74 bits per heavy atom. The molecular formula is C21H16N2O4. The van der Waals surface area contributed by atoms with Crippen molar-refractivity contribution < 1.29 is 14.0 Å². The van der Waals surface area contributed by atoms with Gasteiger partial charge in [-0.05, 0) is 35.0 Å². The zero-order valence-corrected chi connectivity index (χ0v) is 14.3. The molecule has 0 fully saturated rings. The molecule has 0 bridgehead atoms. The van der Waals surface area contributed by atoms with Gasteiger partial charge in [0.1, 0.15) is 0 Å². The summed E-state index contributed by atoms with van der Waals surface area (Å²) in [6.07, 6.45) is 0.195. The molecule has 0 atom stereocenters. The van der Waals surface area contributed by atoms with Gasteiger partial charge in [0, 0.05) is 24.1 Å². The third kappa shape index (κ3) is 3.64. The van der Waals surface area contributed by atoms with E-state index in [4.69, 9.17) is 4.42 Å². The first-order valence-corrected chi connectivity index (χ1v) is 8.53. The summed E-state index contributed by atoms with van der Waals surface area (Å²) in [7, 11) is 0. The zero-order chi connectivity index (χ0) is 18.8. The van der Waals surface area contributed by atoms with Gasteiger partial charge >= 0.3 is 5.76 Å². The van der Waals surface area contributed by atoms with Gasteiger partial charge in [-0.2, -0.15) is 0 Å². The highest BCUT2D eigenvalue weighted by molar-refractivity contribution is 6.02. The van der Waals surface area contributed by atoms with Crippen LogP contribution < -0.4 is 11.1 Å². The fraction of sp³-hybridized carbons (Fsp3) is 0.0952. The number of ketones is 1. The first-order chi connectivity index (χ1) is 13.1. The van der Waals surface area contributed by atoms with E-state index in [1.807, 2.05) is 36.4 Å². The van der Waals surface area contributed by atoms with Crippen LogP contribution in [0.3, 0.4) is 0 Å². The molecule has 0 aliphatic carbocycles. The smallest absolute Gasteiger partial charge is 0.408 e. The van der Waals surface area contributed by atoms with Gasteiger partial charge in [-0.15, -0.1) is 0 Å². The minimum Gasteiger partial charge on any atom is -0.408 e. The normalized spacial score (nSPS) is 11.0. The summed E-state index contributed by atoms with van der Waals surface area (Å²) in [5, 5.41) is 4.79. The van der Waals surface area contributed by atoms with Crippen LogP contribution in [0.5, 0.6) is 0 Å². The van der Waals surface area contributed by atoms with Crippen molar-refractivity contribution in [3.05, 3.63) is 76.8 Å². The molecule has 0 radical (unpaired) electrons. The summed E-state index contributed by atoms with van der Waals surface area (Å²) in [5.41, 5.74) is 2.05. The van der Waals surface area contributed by atoms with E-state index in [2.05, 4.69) is 10.3 Å². The number of fused-ring (bicyclic) bond motifs is 2. The number of Topliss-reactive ketones (excluding diaryl/α,β-unsaturated/α-hetero) is 1. The molecule has 0 unspecified atom stereocenters. The maximum atomic E-state index is 12.4. The molecule has 134 valence electrons. The number of hydrogen-bond donors (Lipinski definition) is 2. The van der Waals surface area contributed by atoms with Crippen LogP contribution in [-0.2, 0) is 4.79 Å². The Bertz CT molecular complexity index is 1220. The second-order valence-corrected chi connectivity index (χ2v) is 6.26. The molecule has 1 aromatic heterocycles. The first-order valence-electron chi connectivity index (χ1n) is 8.53. The third-order valence-electron chi connectivity index (χ3n) is 4.35. The van der Waals surface area contributed by atoms with Crippen LogP contribution in [0, 0.1) is 0 Å². The standard InChI is InChI=1S/C21H16N2O4/c24-18(15-6-5-13-3-1-2-4-14(13)11-15)8-10-20(25)22-16-7-9-19-17(12-16)23-21(26)27-19/h1-7,9,11-12H,8,10H2,(H,22,25)(H,23,26). The SMILES string of the molecule is O=C(CCC(=O)c1ccc2ccccc2c1)Nc1ccc2oc(=O)[nH]c2c1. The molecule has 2 N–H and O–H groups in total. The van der Waals surface area contributed by atoms with Crippen molar-refractivity contribution in [2.45, 2.75) is 12.8 Å². The van der Waals surface area contributed by atoms with Gasteiger partial charge in [0.2, 0.25) is 5.91 Å². The Morgan fingerprint density at radius 3 is 2.59 bits per heavy atom. The number of oxazole rings is 1. The van der Waals surface area contributed by atoms with Gasteiger partial charge < -0.3 is 9.73 Å². The van der Waals surface area contributed by atoms with E-state index in [0.29, 0.717) is 22.4 Å². The van der Waals surface area contributed by atoms with Crippen molar-refractivity contribution >= 4 is 39.2 Å². The number of benzene rings is 3. The van der Waals surface area contributed by atoms with Crippen LogP contribution >= 0.6 is 0 Å². The molecular weight excluding hydrogens is 344 g/mol. The predicted molar refractivity (Wildman–Crippen MR) is 103 cm³/mol. The van der Waals surface area contributed by atoms with Crippen molar-refractivity contribution in [3.63, 3.8) is 0 Å². The summed E-state index contributed by atoms with van der Waals surface area (Å²) < 4.78 is 4.92. The van der Waals surface area contributed by atoms with Crippen molar-refractivity contribution in [2.24, 2.45) is 0 Å². The van der Waals surface area contributed by atoms with Crippen LogP contribution in [0.2, 0.25) is 0 Å². The van der Waals surface area contributed by atoms with Crippen LogP contribution in [0.25, 0.3) is 21.9 Å². The second kappa shape index (κ2) is 6.92. The van der Waals surface area contributed by atoms with Gasteiger partial charge in [0.05, 0.1) is 5.52 Å². The molecule has 0 aliphatic heterocycles. The first kappa shape index (κ1) is 16.8. The summed E-state index contributed by atoms with van der Waals surface area (Å²) in [5.74, 6) is -0.894. The van der Waals surface area contributed by atoms with Crippen LogP contribution in [0.15, 0.2) is 69.9 Å². The lowest BCUT2D eigenvalue weighted by Gasteiger charge is -2.06. The Kier molecular flexibility index (Phi) is 4.30. The lowest BCUT2D eigenvalue weighted by Crippen LogP contribution is -2.13. The minimum atomic E-state index is -0.547. The molecule has 0 spiro atoms. The molecule has 6 nitrogen and oxygen atoms in total. The number of carbonyl (C=O) groups excluding carboxylic acids is 2. The van der Waals surface area contributed by atoms with E-state index >= 15 is 0 Å².